The molecule has 0 radical (unpaired) electrons. The lowest BCUT2D eigenvalue weighted by Crippen LogP contribution is -2.12. The molecule has 17 heavy (non-hydrogen) atoms. The lowest BCUT2D eigenvalue weighted by atomic mass is 10.3. The molecule has 0 aromatic heterocycles. The summed E-state index contributed by atoms with van der Waals surface area (Å²) in [5, 5.41) is 8.57. The molecule has 3 heteroatoms. The number of hydrogen-bond donors (Lipinski definition) is 2. The SMILES string of the molecule is C#C.C/C=C\C(=C/C)N=C(N)CCCO.CC. The van der Waals surface area contributed by atoms with Crippen LogP contribution in [0, 0.1) is 12.8 Å². The Labute approximate surface area is 106 Å². The second-order valence-corrected chi connectivity index (χ2v) is 2.64. The van der Waals surface area contributed by atoms with Crippen molar-refractivity contribution in [1.29, 1.82) is 0 Å². The summed E-state index contributed by atoms with van der Waals surface area (Å²) in [6, 6.07) is 0. The zero-order chi connectivity index (χ0) is 14.1. The van der Waals surface area contributed by atoms with Crippen molar-refractivity contribution < 1.29 is 5.11 Å². The molecule has 0 rings (SSSR count). The van der Waals surface area contributed by atoms with Crippen molar-refractivity contribution in [2.75, 3.05) is 6.61 Å². The smallest absolute Gasteiger partial charge is 0.0997 e. The molecule has 0 aromatic carbocycles. The van der Waals surface area contributed by atoms with Crippen molar-refractivity contribution in [2.24, 2.45) is 10.7 Å². The van der Waals surface area contributed by atoms with Gasteiger partial charge in [0.2, 0.25) is 0 Å². The van der Waals surface area contributed by atoms with Gasteiger partial charge in [0, 0.05) is 13.0 Å². The molecule has 0 aliphatic heterocycles. The second-order valence-electron chi connectivity index (χ2n) is 2.64. The first-order valence-electron chi connectivity index (χ1n) is 5.80. The van der Waals surface area contributed by atoms with Crippen LogP contribution in [-0.2, 0) is 0 Å². The van der Waals surface area contributed by atoms with Crippen LogP contribution in [0.4, 0.5) is 0 Å². The van der Waals surface area contributed by atoms with Crippen LogP contribution in [0.2, 0.25) is 0 Å². The first kappa shape index (κ1) is 20.8. The predicted molar refractivity (Wildman–Crippen MR) is 77.8 cm³/mol. The monoisotopic (exact) mass is 238 g/mol. The summed E-state index contributed by atoms with van der Waals surface area (Å²) in [5.74, 6) is 0.570. The number of nitrogens with zero attached hydrogens (tertiary/aromatic N) is 1. The van der Waals surface area contributed by atoms with Crippen molar-refractivity contribution in [2.45, 2.75) is 40.5 Å². The van der Waals surface area contributed by atoms with Crippen LogP contribution in [-0.4, -0.2) is 17.5 Å². The Morgan fingerprint density at radius 2 is 1.82 bits per heavy atom. The summed E-state index contributed by atoms with van der Waals surface area (Å²) in [6.07, 6.45) is 15.0. The molecule has 3 nitrogen and oxygen atoms in total. The fourth-order valence-electron chi connectivity index (χ4n) is 0.851. The van der Waals surface area contributed by atoms with Crippen LogP contribution in [0.15, 0.2) is 28.9 Å². The largest absolute Gasteiger partial charge is 0.396 e. The minimum atomic E-state index is 0.158. The first-order chi connectivity index (χ1) is 8.24. The van der Waals surface area contributed by atoms with Crippen molar-refractivity contribution >= 4 is 5.84 Å². The molecule has 3 N–H and O–H groups in total. The maximum Gasteiger partial charge on any atom is 0.0997 e. The van der Waals surface area contributed by atoms with Crippen LogP contribution in [0.25, 0.3) is 0 Å². The van der Waals surface area contributed by atoms with E-state index in [9.17, 15) is 0 Å². The molecule has 0 unspecified atom stereocenters. The van der Waals surface area contributed by atoms with Crippen LogP contribution in [0.3, 0.4) is 0 Å². The third kappa shape index (κ3) is 17.1. The highest BCUT2D eigenvalue weighted by Gasteiger charge is 1.92. The van der Waals surface area contributed by atoms with Crippen molar-refractivity contribution in [3.63, 3.8) is 0 Å². The first-order valence-corrected chi connectivity index (χ1v) is 5.80. The van der Waals surface area contributed by atoms with E-state index < -0.39 is 0 Å². The van der Waals surface area contributed by atoms with E-state index in [1.807, 2.05) is 45.9 Å². The predicted octanol–water partition coefficient (Wildman–Crippen LogP) is 2.87. The number of aliphatic hydroxyl groups is 1. The third-order valence-corrected chi connectivity index (χ3v) is 1.50. The van der Waals surface area contributed by atoms with Crippen molar-refractivity contribution in [3.05, 3.63) is 23.9 Å². The summed E-state index contributed by atoms with van der Waals surface area (Å²) in [6.45, 7) is 8.01. The van der Waals surface area contributed by atoms with E-state index in [1.165, 1.54) is 0 Å². The number of hydrogen-bond acceptors (Lipinski definition) is 2. The summed E-state index contributed by atoms with van der Waals surface area (Å²) in [4.78, 5) is 4.18. The fourth-order valence-corrected chi connectivity index (χ4v) is 0.851. The molecule has 0 aliphatic rings. The van der Waals surface area contributed by atoms with Gasteiger partial charge in [-0.3, -0.25) is 0 Å². The number of allylic oxidation sites excluding steroid dienone is 3. The molecule has 0 fully saturated rings. The Morgan fingerprint density at radius 1 is 1.29 bits per heavy atom. The molecule has 0 amide bonds. The minimum absolute atomic E-state index is 0.158. The number of nitrogens with two attached hydrogens (primary N) is 1. The highest BCUT2D eigenvalue weighted by molar-refractivity contribution is 5.81. The lowest BCUT2D eigenvalue weighted by Gasteiger charge is -1.98. The molecule has 0 spiro atoms. The highest BCUT2D eigenvalue weighted by atomic mass is 16.2. The molecule has 98 valence electrons. The van der Waals surface area contributed by atoms with Crippen LogP contribution >= 0.6 is 0 Å². The zero-order valence-corrected chi connectivity index (χ0v) is 11.5. The van der Waals surface area contributed by atoms with Gasteiger partial charge in [0.25, 0.3) is 0 Å². The average molecular weight is 238 g/mol. The van der Waals surface area contributed by atoms with Gasteiger partial charge in [-0.1, -0.05) is 26.0 Å². The highest BCUT2D eigenvalue weighted by Crippen LogP contribution is 2.00. The molecule has 0 bridgehead atoms. The van der Waals surface area contributed by atoms with Gasteiger partial charge >= 0.3 is 0 Å². The molecule has 0 heterocycles. The minimum Gasteiger partial charge on any atom is -0.396 e. The number of rotatable bonds is 5. The number of aliphatic imine (C=N–C) groups is 1. The summed E-state index contributed by atoms with van der Waals surface area (Å²) >= 11 is 0. The average Bonchev–Trinajstić information content (AvgIpc) is 2.40. The van der Waals surface area contributed by atoms with Gasteiger partial charge in [-0.15, -0.1) is 12.8 Å². The lowest BCUT2D eigenvalue weighted by molar-refractivity contribution is 0.291. The summed E-state index contributed by atoms with van der Waals surface area (Å²) in [5.41, 5.74) is 6.49. The van der Waals surface area contributed by atoms with Gasteiger partial charge in [0.15, 0.2) is 0 Å². The van der Waals surface area contributed by atoms with E-state index in [2.05, 4.69) is 17.8 Å². The van der Waals surface area contributed by atoms with Crippen LogP contribution in [0.5, 0.6) is 0 Å². The number of amidine groups is 1. The molecule has 0 saturated heterocycles. The maximum atomic E-state index is 8.57. The Kier molecular flexibility index (Phi) is 24.5. The molecule has 0 aromatic rings. The van der Waals surface area contributed by atoms with E-state index in [1.54, 1.807) is 0 Å². The van der Waals surface area contributed by atoms with E-state index >= 15 is 0 Å². The maximum absolute atomic E-state index is 8.57. The third-order valence-electron chi connectivity index (χ3n) is 1.50. The Hall–Kier alpha value is -1.53. The van der Waals surface area contributed by atoms with Gasteiger partial charge in [0.05, 0.1) is 11.5 Å². The zero-order valence-electron chi connectivity index (χ0n) is 11.5. The fraction of sp³-hybridized carbons (Fsp3) is 0.500. The van der Waals surface area contributed by atoms with Crippen LogP contribution in [0.1, 0.15) is 40.5 Å². The normalized spacial score (nSPS) is 11.2. The van der Waals surface area contributed by atoms with E-state index in [0.717, 1.165) is 5.70 Å². The molecule has 0 atom stereocenters. The quantitative estimate of drug-likeness (QED) is 0.335. The summed E-state index contributed by atoms with van der Waals surface area (Å²) in [7, 11) is 0. The van der Waals surface area contributed by atoms with E-state index in [4.69, 9.17) is 10.8 Å². The van der Waals surface area contributed by atoms with E-state index in [0.29, 0.717) is 18.7 Å². The molecular weight excluding hydrogens is 212 g/mol. The second kappa shape index (κ2) is 20.0. The van der Waals surface area contributed by atoms with Gasteiger partial charge in [-0.05, 0) is 26.3 Å². The Bertz CT molecular complexity index is 250. The number of aliphatic hydroxyl groups excluding tert-OH is 1. The van der Waals surface area contributed by atoms with Crippen molar-refractivity contribution in [1.82, 2.24) is 0 Å². The molecular formula is C14H26N2O. The van der Waals surface area contributed by atoms with Gasteiger partial charge < -0.3 is 10.8 Å². The standard InChI is InChI=1S/C10H18N2O.C2H6.C2H2/c1-3-6-9(4-2)12-10(11)7-5-8-13;2*1-2/h3-4,6,13H,5,7-8H2,1-2H3,(H2,11,12);1-2H3;1-2H/b6-3-,9-4+;;. The summed E-state index contributed by atoms with van der Waals surface area (Å²) < 4.78 is 0. The molecule has 0 aliphatic carbocycles. The van der Waals surface area contributed by atoms with Crippen molar-refractivity contribution in [3.8, 4) is 12.8 Å². The van der Waals surface area contributed by atoms with Gasteiger partial charge in [-0.25, -0.2) is 4.99 Å². The Morgan fingerprint density at radius 3 is 2.18 bits per heavy atom. The van der Waals surface area contributed by atoms with Crippen LogP contribution < -0.4 is 5.73 Å². The number of terminal acetylenes is 1. The molecule has 0 saturated carbocycles. The van der Waals surface area contributed by atoms with E-state index in [-0.39, 0.29) is 6.61 Å². The topological polar surface area (TPSA) is 58.6 Å². The van der Waals surface area contributed by atoms with Gasteiger partial charge in [-0.2, -0.15) is 0 Å². The van der Waals surface area contributed by atoms with Gasteiger partial charge in [0.1, 0.15) is 0 Å². The Balaban J connectivity index is -0.000000439.